The first-order chi connectivity index (χ1) is 11.3. The van der Waals surface area contributed by atoms with E-state index in [0.29, 0.717) is 4.68 Å². The number of amides is 1. The van der Waals surface area contributed by atoms with E-state index in [9.17, 15) is 29.4 Å². The third kappa shape index (κ3) is 3.21. The van der Waals surface area contributed by atoms with E-state index >= 15 is 0 Å². The fourth-order valence-electron chi connectivity index (χ4n) is 2.64. The third-order valence-electron chi connectivity index (χ3n) is 3.74. The summed E-state index contributed by atoms with van der Waals surface area (Å²) in [6, 6.07) is -0.460. The average Bonchev–Trinajstić information content (AvgIpc) is 2.84. The van der Waals surface area contributed by atoms with Gasteiger partial charge in [-0.15, -0.1) is 0 Å². The fraction of sp³-hybridized carbons (Fsp3) is 0.500. The molecule has 2 rings (SSSR count). The van der Waals surface area contributed by atoms with E-state index in [2.05, 4.69) is 5.10 Å². The van der Waals surface area contributed by atoms with Gasteiger partial charge in [-0.25, -0.2) is 9.59 Å². The Kier molecular flexibility index (Phi) is 4.86. The molecule has 0 spiro atoms. The predicted octanol–water partition coefficient (Wildman–Crippen LogP) is 0.970. The van der Waals surface area contributed by atoms with E-state index in [-0.39, 0.29) is 36.5 Å². The van der Waals surface area contributed by atoms with Gasteiger partial charge in [0.05, 0.1) is 18.8 Å². The van der Waals surface area contributed by atoms with Crippen LogP contribution in [0.25, 0.3) is 0 Å². The van der Waals surface area contributed by atoms with Crippen molar-refractivity contribution in [2.75, 3.05) is 6.61 Å². The Bertz CT molecular complexity index is 709. The summed E-state index contributed by atoms with van der Waals surface area (Å²) in [5, 5.41) is 22.2. The Balaban J connectivity index is 2.41. The quantitative estimate of drug-likeness (QED) is 0.470. The molecule has 1 atom stereocenters. The average molecular weight is 339 g/mol. The summed E-state index contributed by atoms with van der Waals surface area (Å²) in [6.07, 6.45) is -3.04. The van der Waals surface area contributed by atoms with Crippen LogP contribution in [0, 0.1) is 0 Å². The molecule has 0 fully saturated rings. The van der Waals surface area contributed by atoms with Gasteiger partial charge in [0.15, 0.2) is 5.78 Å². The highest BCUT2D eigenvalue weighted by Crippen LogP contribution is 2.27. The fourth-order valence-corrected chi connectivity index (χ4v) is 2.64. The molecule has 0 saturated carbocycles. The zero-order valence-electron chi connectivity index (χ0n) is 13.2. The molecule has 1 amide bonds. The highest BCUT2D eigenvalue weighted by atomic mass is 16.5. The van der Waals surface area contributed by atoms with E-state index in [1.54, 1.807) is 13.8 Å². The molecule has 0 bridgehead atoms. The second kappa shape index (κ2) is 6.69. The lowest BCUT2D eigenvalue weighted by atomic mass is 9.98. The number of carbonyl (C=O) groups excluding carboxylic acids is 2. The summed E-state index contributed by atoms with van der Waals surface area (Å²) < 4.78 is 5.36. The predicted molar refractivity (Wildman–Crippen MR) is 78.0 cm³/mol. The number of hydrogen-bond acceptors (Lipinski definition) is 6. The third-order valence-corrected chi connectivity index (χ3v) is 3.74. The highest BCUT2D eigenvalue weighted by molar-refractivity contribution is 6.06. The van der Waals surface area contributed by atoms with Crippen LogP contribution in [0.2, 0.25) is 0 Å². The van der Waals surface area contributed by atoms with Gasteiger partial charge in [0.25, 0.3) is 0 Å². The van der Waals surface area contributed by atoms with Gasteiger partial charge in [0.2, 0.25) is 0 Å². The molecule has 0 saturated heterocycles. The largest absolute Gasteiger partial charge is 0.466 e. The normalized spacial score (nSPS) is 16.4. The highest BCUT2D eigenvalue weighted by Gasteiger charge is 2.35. The van der Waals surface area contributed by atoms with Gasteiger partial charge in [-0.2, -0.15) is 9.78 Å². The van der Waals surface area contributed by atoms with Gasteiger partial charge in [0.1, 0.15) is 12.1 Å². The van der Waals surface area contributed by atoms with E-state index in [1.807, 2.05) is 0 Å². The van der Waals surface area contributed by atoms with Crippen LogP contribution in [0.15, 0.2) is 0 Å². The molecular formula is C14H17N3O7. The first kappa shape index (κ1) is 17.4. The standard InChI is InChI=1S/C14H17N3O7/c1-3-24-11(19)5-10(18)12-8-6-16(13(20)21)7(2)4-9(8)17(15-12)14(22)23/h7H,3-6H2,1-2H3,(H,20,21)(H,22,23)/t7-/m1/s1. The summed E-state index contributed by atoms with van der Waals surface area (Å²) in [5.41, 5.74) is 0.269. The van der Waals surface area contributed by atoms with Crippen LogP contribution in [-0.2, 0) is 22.5 Å². The molecule has 0 aromatic carbocycles. The molecule has 10 nitrogen and oxygen atoms in total. The lowest BCUT2D eigenvalue weighted by Gasteiger charge is -2.31. The minimum Gasteiger partial charge on any atom is -0.466 e. The number of esters is 1. The summed E-state index contributed by atoms with van der Waals surface area (Å²) in [7, 11) is 0. The molecule has 1 aromatic heterocycles. The summed E-state index contributed by atoms with van der Waals surface area (Å²) in [6.45, 7) is 3.17. The maximum atomic E-state index is 12.3. The van der Waals surface area contributed by atoms with Crippen LogP contribution in [-0.4, -0.2) is 61.5 Å². The Morgan fingerprint density at radius 2 is 1.92 bits per heavy atom. The number of aromatic nitrogens is 2. The van der Waals surface area contributed by atoms with E-state index < -0.39 is 36.4 Å². The Labute approximate surface area is 136 Å². The van der Waals surface area contributed by atoms with E-state index in [1.165, 1.54) is 0 Å². The van der Waals surface area contributed by atoms with Crippen molar-refractivity contribution in [2.45, 2.75) is 39.3 Å². The number of ether oxygens (including phenoxy) is 1. The number of nitrogens with zero attached hydrogens (tertiary/aromatic N) is 3. The van der Waals surface area contributed by atoms with Crippen molar-refractivity contribution >= 4 is 23.9 Å². The molecule has 1 aliphatic rings. The Morgan fingerprint density at radius 1 is 1.25 bits per heavy atom. The van der Waals surface area contributed by atoms with Crippen LogP contribution in [0.3, 0.4) is 0 Å². The first-order valence-corrected chi connectivity index (χ1v) is 7.28. The number of ketones is 1. The molecule has 10 heteroatoms. The number of carboxylic acid groups (broad SMARTS) is 2. The molecule has 0 radical (unpaired) electrons. The van der Waals surface area contributed by atoms with Crippen LogP contribution >= 0.6 is 0 Å². The van der Waals surface area contributed by atoms with Crippen LogP contribution in [0.4, 0.5) is 9.59 Å². The number of carbonyl (C=O) groups is 4. The summed E-state index contributed by atoms with van der Waals surface area (Å²) in [4.78, 5) is 47.4. The molecule has 1 aromatic rings. The monoisotopic (exact) mass is 339 g/mol. The molecule has 2 heterocycles. The van der Waals surface area contributed by atoms with Crippen molar-refractivity contribution in [3.8, 4) is 0 Å². The van der Waals surface area contributed by atoms with Gasteiger partial charge in [-0.3, -0.25) is 9.59 Å². The number of Topliss-reactive ketones (excluding diaryl/α,β-unsaturated/α-hetero) is 1. The molecular weight excluding hydrogens is 322 g/mol. The second-order valence-corrected chi connectivity index (χ2v) is 5.34. The zero-order chi connectivity index (χ0) is 18.0. The minimum atomic E-state index is -1.38. The molecule has 0 aliphatic carbocycles. The molecule has 24 heavy (non-hydrogen) atoms. The Hall–Kier alpha value is -2.91. The van der Waals surface area contributed by atoms with Crippen molar-refractivity contribution in [3.05, 3.63) is 17.0 Å². The van der Waals surface area contributed by atoms with Crippen molar-refractivity contribution < 1.29 is 34.1 Å². The van der Waals surface area contributed by atoms with Gasteiger partial charge >= 0.3 is 18.2 Å². The molecule has 130 valence electrons. The van der Waals surface area contributed by atoms with Gasteiger partial charge < -0.3 is 19.8 Å². The molecule has 0 unspecified atom stereocenters. The zero-order valence-corrected chi connectivity index (χ0v) is 13.2. The van der Waals surface area contributed by atoms with E-state index in [0.717, 1.165) is 4.90 Å². The molecule has 1 aliphatic heterocycles. The lowest BCUT2D eigenvalue weighted by molar-refractivity contribution is -0.141. The lowest BCUT2D eigenvalue weighted by Crippen LogP contribution is -2.42. The Morgan fingerprint density at radius 3 is 2.46 bits per heavy atom. The summed E-state index contributed by atoms with van der Waals surface area (Å²) in [5.74, 6) is -1.45. The smallest absolute Gasteiger partial charge is 0.432 e. The van der Waals surface area contributed by atoms with Crippen molar-refractivity contribution in [1.82, 2.24) is 14.7 Å². The molecule has 2 N–H and O–H groups in total. The van der Waals surface area contributed by atoms with E-state index in [4.69, 9.17) is 4.74 Å². The van der Waals surface area contributed by atoms with Crippen molar-refractivity contribution in [2.24, 2.45) is 0 Å². The number of rotatable bonds is 4. The topological polar surface area (TPSA) is 139 Å². The summed E-state index contributed by atoms with van der Waals surface area (Å²) >= 11 is 0. The van der Waals surface area contributed by atoms with Crippen LogP contribution < -0.4 is 0 Å². The van der Waals surface area contributed by atoms with Crippen LogP contribution in [0.1, 0.15) is 42.0 Å². The van der Waals surface area contributed by atoms with Crippen LogP contribution in [0.5, 0.6) is 0 Å². The SMILES string of the molecule is CCOC(=O)CC(=O)c1nn(C(=O)O)c2c1CN(C(=O)O)[C@H](C)C2. The maximum Gasteiger partial charge on any atom is 0.432 e. The second-order valence-electron chi connectivity index (χ2n) is 5.34. The first-order valence-electron chi connectivity index (χ1n) is 7.28. The maximum absolute atomic E-state index is 12.3. The van der Waals surface area contributed by atoms with Gasteiger partial charge in [-0.1, -0.05) is 0 Å². The van der Waals surface area contributed by atoms with Gasteiger partial charge in [-0.05, 0) is 13.8 Å². The van der Waals surface area contributed by atoms with Gasteiger partial charge in [0, 0.05) is 18.0 Å². The van der Waals surface area contributed by atoms with Crippen molar-refractivity contribution in [3.63, 3.8) is 0 Å². The minimum absolute atomic E-state index is 0.105. The number of hydrogen-bond donors (Lipinski definition) is 2. The number of fused-ring (bicyclic) bond motifs is 1. The van der Waals surface area contributed by atoms with Crippen molar-refractivity contribution in [1.29, 1.82) is 0 Å².